The Hall–Kier alpha value is -2.14. The lowest BCUT2D eigenvalue weighted by Gasteiger charge is -2.29. The molecule has 142 valence electrons. The van der Waals surface area contributed by atoms with Crippen molar-refractivity contribution < 1.29 is 14.7 Å². The molecular formula is C21H30N2O3. The summed E-state index contributed by atoms with van der Waals surface area (Å²) in [6.07, 6.45) is 0.920. The van der Waals surface area contributed by atoms with Gasteiger partial charge in [-0.25, -0.2) is 0 Å². The fraction of sp³-hybridized carbons (Fsp3) is 0.524. The van der Waals surface area contributed by atoms with Crippen LogP contribution in [0.15, 0.2) is 35.6 Å². The molecule has 0 saturated heterocycles. The average molecular weight is 358 g/mol. The third-order valence-corrected chi connectivity index (χ3v) is 4.72. The van der Waals surface area contributed by atoms with Crippen LogP contribution in [0, 0.1) is 5.41 Å². The molecule has 2 rings (SSSR count). The molecule has 0 aliphatic carbocycles. The van der Waals surface area contributed by atoms with Gasteiger partial charge in [-0.3, -0.25) is 9.59 Å². The first-order valence-electron chi connectivity index (χ1n) is 9.10. The third-order valence-electron chi connectivity index (χ3n) is 4.72. The minimum absolute atomic E-state index is 0.194. The number of Topliss-reactive ketones (excluding diaryl/α,β-unsaturated/α-hetero) is 1. The van der Waals surface area contributed by atoms with Crippen molar-refractivity contribution in [3.63, 3.8) is 0 Å². The van der Waals surface area contributed by atoms with Crippen molar-refractivity contribution in [2.75, 3.05) is 27.2 Å². The van der Waals surface area contributed by atoms with Gasteiger partial charge in [0, 0.05) is 18.5 Å². The van der Waals surface area contributed by atoms with Gasteiger partial charge in [-0.05, 0) is 31.6 Å². The summed E-state index contributed by atoms with van der Waals surface area (Å²) in [4.78, 5) is 29.3. The highest BCUT2D eigenvalue weighted by Gasteiger charge is 2.45. The van der Waals surface area contributed by atoms with Crippen molar-refractivity contribution >= 4 is 11.7 Å². The summed E-state index contributed by atoms with van der Waals surface area (Å²) in [6.45, 7) is 8.59. The number of benzene rings is 1. The number of hydrogen-bond donors (Lipinski definition) is 1. The molecule has 0 aromatic heterocycles. The van der Waals surface area contributed by atoms with Crippen LogP contribution in [0.1, 0.15) is 44.9 Å². The summed E-state index contributed by atoms with van der Waals surface area (Å²) in [5, 5.41) is 10.5. The molecule has 5 heteroatoms. The molecule has 26 heavy (non-hydrogen) atoms. The van der Waals surface area contributed by atoms with Crippen molar-refractivity contribution in [2.45, 2.75) is 40.2 Å². The van der Waals surface area contributed by atoms with Gasteiger partial charge >= 0.3 is 0 Å². The zero-order chi connectivity index (χ0) is 19.6. The van der Waals surface area contributed by atoms with E-state index in [1.54, 1.807) is 25.7 Å². The van der Waals surface area contributed by atoms with Gasteiger partial charge in [0.2, 0.25) is 0 Å². The topological polar surface area (TPSA) is 60.9 Å². The Bertz CT molecular complexity index is 712. The Kier molecular flexibility index (Phi) is 5.91. The van der Waals surface area contributed by atoms with E-state index in [2.05, 4.69) is 6.92 Å². The quantitative estimate of drug-likeness (QED) is 0.849. The van der Waals surface area contributed by atoms with Crippen molar-refractivity contribution in [1.29, 1.82) is 0 Å². The van der Waals surface area contributed by atoms with E-state index < -0.39 is 23.1 Å². The summed E-state index contributed by atoms with van der Waals surface area (Å²) in [6, 6.07) is 7.39. The fourth-order valence-electron chi connectivity index (χ4n) is 3.11. The van der Waals surface area contributed by atoms with Crippen LogP contribution in [0.2, 0.25) is 0 Å². The fourth-order valence-corrected chi connectivity index (χ4v) is 3.11. The third kappa shape index (κ3) is 3.98. The van der Waals surface area contributed by atoms with Gasteiger partial charge in [-0.2, -0.15) is 0 Å². The van der Waals surface area contributed by atoms with E-state index in [1.807, 2.05) is 43.3 Å². The van der Waals surface area contributed by atoms with Crippen LogP contribution in [0.25, 0.3) is 0 Å². The first kappa shape index (κ1) is 20.2. The van der Waals surface area contributed by atoms with E-state index in [4.69, 9.17) is 0 Å². The molecule has 1 atom stereocenters. The van der Waals surface area contributed by atoms with Crippen molar-refractivity contribution in [3.8, 4) is 0 Å². The second kappa shape index (κ2) is 7.62. The van der Waals surface area contributed by atoms with E-state index in [9.17, 15) is 14.7 Å². The molecule has 0 saturated carbocycles. The van der Waals surface area contributed by atoms with Crippen LogP contribution in [0.4, 0.5) is 0 Å². The van der Waals surface area contributed by atoms with Gasteiger partial charge in [0.1, 0.15) is 0 Å². The predicted octanol–water partition coefficient (Wildman–Crippen LogP) is 3.12. The summed E-state index contributed by atoms with van der Waals surface area (Å²) >= 11 is 0. The Balaban J connectivity index is 2.51. The number of nitrogens with zero attached hydrogens (tertiary/aromatic N) is 2. The lowest BCUT2D eigenvalue weighted by molar-refractivity contribution is -0.129. The second-order valence-corrected chi connectivity index (χ2v) is 8.14. The zero-order valence-corrected chi connectivity index (χ0v) is 16.7. The second-order valence-electron chi connectivity index (χ2n) is 8.14. The highest BCUT2D eigenvalue weighted by atomic mass is 16.3. The van der Waals surface area contributed by atoms with Crippen LogP contribution >= 0.6 is 0 Å². The van der Waals surface area contributed by atoms with Crippen LogP contribution in [0.3, 0.4) is 0 Å². The van der Waals surface area contributed by atoms with Gasteiger partial charge in [0.15, 0.2) is 11.5 Å². The molecule has 1 aromatic rings. The number of carbonyl (C=O) groups is 2. The number of ketones is 1. The minimum atomic E-state index is -0.678. The van der Waals surface area contributed by atoms with E-state index in [-0.39, 0.29) is 11.4 Å². The van der Waals surface area contributed by atoms with Gasteiger partial charge in [0.25, 0.3) is 5.91 Å². The van der Waals surface area contributed by atoms with Crippen molar-refractivity contribution in [3.05, 3.63) is 46.7 Å². The monoisotopic (exact) mass is 358 g/mol. The van der Waals surface area contributed by atoms with Crippen LogP contribution in [-0.2, 0) is 16.0 Å². The minimum Gasteiger partial charge on any atom is -0.503 e. The SMILES string of the molecule is CCc1ccc(C2C(C(=O)C(C)(C)C)=C(O)C(=O)N2CCN(C)C)cc1. The van der Waals surface area contributed by atoms with Crippen molar-refractivity contribution in [1.82, 2.24) is 9.80 Å². The molecule has 5 nitrogen and oxygen atoms in total. The molecule has 1 aliphatic heterocycles. The summed E-state index contributed by atoms with van der Waals surface area (Å²) in [5.41, 5.74) is 1.58. The Labute approximate surface area is 156 Å². The molecule has 1 heterocycles. The molecule has 0 bridgehead atoms. The molecule has 0 radical (unpaired) electrons. The first-order valence-corrected chi connectivity index (χ1v) is 9.10. The first-order chi connectivity index (χ1) is 12.1. The maximum Gasteiger partial charge on any atom is 0.290 e. The van der Waals surface area contributed by atoms with E-state index in [0.29, 0.717) is 13.1 Å². The Morgan fingerprint density at radius 3 is 2.23 bits per heavy atom. The van der Waals surface area contributed by atoms with Crippen LogP contribution in [0.5, 0.6) is 0 Å². The number of likely N-dealkylation sites (N-methyl/N-ethyl adjacent to an activating group) is 1. The number of hydrogen-bond acceptors (Lipinski definition) is 4. The van der Waals surface area contributed by atoms with Gasteiger partial charge in [-0.1, -0.05) is 52.0 Å². The normalized spacial score (nSPS) is 18.2. The maximum atomic E-state index is 13.0. The number of aryl methyl sites for hydroxylation is 1. The van der Waals surface area contributed by atoms with Crippen LogP contribution in [-0.4, -0.2) is 53.8 Å². The van der Waals surface area contributed by atoms with E-state index in [0.717, 1.165) is 12.0 Å². The molecular weight excluding hydrogens is 328 g/mol. The predicted molar refractivity (Wildman–Crippen MR) is 103 cm³/mol. The van der Waals surface area contributed by atoms with E-state index >= 15 is 0 Å². The zero-order valence-electron chi connectivity index (χ0n) is 16.7. The number of rotatable bonds is 6. The van der Waals surface area contributed by atoms with Gasteiger partial charge in [-0.15, -0.1) is 0 Å². The molecule has 1 amide bonds. The summed E-state index contributed by atoms with van der Waals surface area (Å²) in [7, 11) is 3.86. The lowest BCUT2D eigenvalue weighted by atomic mass is 9.82. The van der Waals surface area contributed by atoms with Gasteiger partial charge in [0.05, 0.1) is 11.6 Å². The molecule has 1 aromatic carbocycles. The lowest BCUT2D eigenvalue weighted by Crippen LogP contribution is -2.37. The molecule has 0 fully saturated rings. The number of amides is 1. The maximum absolute atomic E-state index is 13.0. The summed E-state index contributed by atoms with van der Waals surface area (Å²) < 4.78 is 0. The Morgan fingerprint density at radius 1 is 1.19 bits per heavy atom. The molecule has 0 spiro atoms. The average Bonchev–Trinajstić information content (AvgIpc) is 2.82. The smallest absolute Gasteiger partial charge is 0.290 e. The number of aliphatic hydroxyl groups excluding tert-OH is 1. The molecule has 1 unspecified atom stereocenters. The number of carbonyl (C=O) groups excluding carboxylic acids is 2. The largest absolute Gasteiger partial charge is 0.503 e. The number of aliphatic hydroxyl groups is 1. The molecule has 1 N–H and O–H groups in total. The van der Waals surface area contributed by atoms with Crippen LogP contribution < -0.4 is 0 Å². The van der Waals surface area contributed by atoms with Gasteiger partial charge < -0.3 is 14.9 Å². The summed E-state index contributed by atoms with van der Waals surface area (Å²) in [5.74, 6) is -1.07. The molecule has 1 aliphatic rings. The van der Waals surface area contributed by atoms with E-state index in [1.165, 1.54) is 5.56 Å². The standard InChI is InChI=1S/C21H30N2O3/c1-7-14-8-10-15(11-9-14)17-16(19(25)21(2,3)4)18(24)20(26)23(17)13-12-22(5)6/h8-11,17,24H,7,12-13H2,1-6H3. The highest BCUT2D eigenvalue weighted by Crippen LogP contribution is 2.40. The highest BCUT2D eigenvalue weighted by molar-refractivity contribution is 6.10. The Morgan fingerprint density at radius 2 is 1.77 bits per heavy atom. The van der Waals surface area contributed by atoms with Crippen molar-refractivity contribution in [2.24, 2.45) is 5.41 Å².